The Morgan fingerprint density at radius 1 is 1.19 bits per heavy atom. The molecule has 2 aromatic rings. The fraction of sp³-hybridized carbons (Fsp3) is 0.0667. The van der Waals surface area contributed by atoms with Crippen LogP contribution in [0, 0.1) is 22.7 Å². The number of rotatable bonds is 4. The largest absolute Gasteiger partial charge is 0.479 e. The highest BCUT2D eigenvalue weighted by Gasteiger charge is 2.07. The molecular weight excluding hydrogens is 268 g/mol. The smallest absolute Gasteiger partial charge is 0.274 e. The highest BCUT2D eigenvalue weighted by Crippen LogP contribution is 2.16. The highest BCUT2D eigenvalue weighted by atomic mass is 16.5. The summed E-state index contributed by atoms with van der Waals surface area (Å²) in [5, 5.41) is 19.7. The van der Waals surface area contributed by atoms with Crippen LogP contribution in [0.5, 0.6) is 5.75 Å². The van der Waals surface area contributed by atoms with Crippen molar-refractivity contribution in [3.63, 3.8) is 0 Å². The van der Waals surface area contributed by atoms with Crippen LogP contribution in [-0.4, -0.2) is 17.5 Å². The maximum absolute atomic E-state index is 11.9. The summed E-state index contributed by atoms with van der Waals surface area (Å²) in [5.41, 5.74) is 1.19. The number of pyridine rings is 1. The standard InChI is InChI=1S/C15H10N4O2/c16-7-8-21-13-4-2-12(3-5-13)19-15(20)14-6-1-11(9-17)10-18-14/h1-6,10H,8H2,(H,19,20). The molecule has 0 atom stereocenters. The molecule has 0 saturated carbocycles. The van der Waals surface area contributed by atoms with Gasteiger partial charge >= 0.3 is 0 Å². The van der Waals surface area contributed by atoms with E-state index in [2.05, 4.69) is 10.3 Å². The maximum Gasteiger partial charge on any atom is 0.274 e. The van der Waals surface area contributed by atoms with E-state index in [1.807, 2.05) is 12.1 Å². The molecule has 1 aromatic carbocycles. The lowest BCUT2D eigenvalue weighted by atomic mass is 10.2. The number of benzene rings is 1. The SMILES string of the molecule is N#CCOc1ccc(NC(=O)c2ccc(C#N)cn2)cc1. The molecule has 0 spiro atoms. The first kappa shape index (κ1) is 14.0. The first-order valence-corrected chi connectivity index (χ1v) is 6.00. The van der Waals surface area contributed by atoms with Gasteiger partial charge in [0.05, 0.1) is 5.56 Å². The van der Waals surface area contributed by atoms with Crippen LogP contribution in [-0.2, 0) is 0 Å². The van der Waals surface area contributed by atoms with Gasteiger partial charge in [0.2, 0.25) is 0 Å². The molecule has 1 aromatic heterocycles. The van der Waals surface area contributed by atoms with Crippen LogP contribution in [0.1, 0.15) is 16.1 Å². The average Bonchev–Trinajstić information content (AvgIpc) is 2.54. The van der Waals surface area contributed by atoms with E-state index >= 15 is 0 Å². The third kappa shape index (κ3) is 3.79. The van der Waals surface area contributed by atoms with Gasteiger partial charge in [-0.3, -0.25) is 4.79 Å². The van der Waals surface area contributed by atoms with E-state index in [1.165, 1.54) is 18.3 Å². The second-order valence-corrected chi connectivity index (χ2v) is 3.97. The zero-order valence-electron chi connectivity index (χ0n) is 10.9. The molecule has 0 fully saturated rings. The number of aromatic nitrogens is 1. The Morgan fingerprint density at radius 3 is 2.52 bits per heavy atom. The topological polar surface area (TPSA) is 98.8 Å². The van der Waals surface area contributed by atoms with Gasteiger partial charge < -0.3 is 10.1 Å². The second kappa shape index (κ2) is 6.69. The molecule has 0 radical (unpaired) electrons. The third-order valence-corrected chi connectivity index (χ3v) is 2.54. The summed E-state index contributed by atoms with van der Waals surface area (Å²) in [7, 11) is 0. The van der Waals surface area contributed by atoms with Gasteiger partial charge in [0.15, 0.2) is 6.61 Å². The molecular formula is C15H10N4O2. The van der Waals surface area contributed by atoms with Crippen molar-refractivity contribution in [1.82, 2.24) is 4.98 Å². The summed E-state index contributed by atoms with van der Waals surface area (Å²) in [6, 6.07) is 13.4. The van der Waals surface area contributed by atoms with Gasteiger partial charge in [-0.15, -0.1) is 0 Å². The quantitative estimate of drug-likeness (QED) is 0.923. The Labute approximate surface area is 121 Å². The lowest BCUT2D eigenvalue weighted by Crippen LogP contribution is -2.13. The summed E-state index contributed by atoms with van der Waals surface area (Å²) in [6.07, 6.45) is 1.34. The van der Waals surface area contributed by atoms with Gasteiger partial charge in [-0.05, 0) is 36.4 Å². The summed E-state index contributed by atoms with van der Waals surface area (Å²) in [5.74, 6) is 0.177. The van der Waals surface area contributed by atoms with Gasteiger partial charge in [0.1, 0.15) is 23.6 Å². The van der Waals surface area contributed by atoms with Crippen molar-refractivity contribution < 1.29 is 9.53 Å². The van der Waals surface area contributed by atoms with Crippen molar-refractivity contribution in [2.45, 2.75) is 0 Å². The molecule has 0 aliphatic heterocycles. The zero-order valence-corrected chi connectivity index (χ0v) is 10.9. The molecule has 0 bridgehead atoms. The van der Waals surface area contributed by atoms with E-state index in [0.29, 0.717) is 17.0 Å². The molecule has 0 aliphatic carbocycles. The van der Waals surface area contributed by atoms with E-state index < -0.39 is 0 Å². The number of hydrogen-bond donors (Lipinski definition) is 1. The zero-order chi connectivity index (χ0) is 15.1. The number of anilines is 1. The van der Waals surface area contributed by atoms with Crippen LogP contribution in [0.3, 0.4) is 0 Å². The Kier molecular flexibility index (Phi) is 4.47. The van der Waals surface area contributed by atoms with Gasteiger partial charge in [0, 0.05) is 11.9 Å². The van der Waals surface area contributed by atoms with Crippen molar-refractivity contribution in [3.8, 4) is 17.9 Å². The number of amides is 1. The summed E-state index contributed by atoms with van der Waals surface area (Å²) >= 11 is 0. The molecule has 1 heterocycles. The van der Waals surface area contributed by atoms with Crippen LogP contribution in [0.4, 0.5) is 5.69 Å². The second-order valence-electron chi connectivity index (χ2n) is 3.97. The van der Waals surface area contributed by atoms with Gasteiger partial charge in [-0.25, -0.2) is 4.98 Å². The minimum Gasteiger partial charge on any atom is -0.479 e. The molecule has 2 rings (SSSR count). The number of ether oxygens (including phenoxy) is 1. The van der Waals surface area contributed by atoms with Crippen LogP contribution in [0.25, 0.3) is 0 Å². The molecule has 1 amide bonds. The van der Waals surface area contributed by atoms with Crippen LogP contribution < -0.4 is 10.1 Å². The molecule has 0 aliphatic rings. The van der Waals surface area contributed by atoms with E-state index in [-0.39, 0.29) is 18.2 Å². The van der Waals surface area contributed by atoms with Gasteiger partial charge in [0.25, 0.3) is 5.91 Å². The highest BCUT2D eigenvalue weighted by molar-refractivity contribution is 6.02. The monoisotopic (exact) mass is 278 g/mol. The molecule has 6 nitrogen and oxygen atoms in total. The maximum atomic E-state index is 11.9. The van der Waals surface area contributed by atoms with Crippen molar-refractivity contribution in [1.29, 1.82) is 10.5 Å². The summed E-state index contributed by atoms with van der Waals surface area (Å²) in [6.45, 7) is -0.0269. The van der Waals surface area contributed by atoms with E-state index in [0.717, 1.165) is 0 Å². The Morgan fingerprint density at radius 2 is 1.95 bits per heavy atom. The molecule has 21 heavy (non-hydrogen) atoms. The fourth-order valence-electron chi connectivity index (χ4n) is 1.54. The lowest BCUT2D eigenvalue weighted by Gasteiger charge is -2.06. The Balaban J connectivity index is 2.02. The number of nitrogens with one attached hydrogen (secondary N) is 1. The van der Waals surface area contributed by atoms with Crippen molar-refractivity contribution >= 4 is 11.6 Å². The molecule has 102 valence electrons. The van der Waals surface area contributed by atoms with E-state index in [4.69, 9.17) is 15.3 Å². The van der Waals surface area contributed by atoms with Crippen LogP contribution in [0.15, 0.2) is 42.6 Å². The Hall–Kier alpha value is -3.38. The number of carbonyl (C=O) groups is 1. The van der Waals surface area contributed by atoms with Crippen LogP contribution in [0.2, 0.25) is 0 Å². The number of hydrogen-bond acceptors (Lipinski definition) is 5. The van der Waals surface area contributed by atoms with E-state index in [9.17, 15) is 4.79 Å². The minimum atomic E-state index is -0.370. The molecule has 0 unspecified atom stereocenters. The minimum absolute atomic E-state index is 0.0269. The van der Waals surface area contributed by atoms with Crippen molar-refractivity contribution in [3.05, 3.63) is 53.9 Å². The van der Waals surface area contributed by atoms with Crippen molar-refractivity contribution in [2.24, 2.45) is 0 Å². The fourth-order valence-corrected chi connectivity index (χ4v) is 1.54. The summed E-state index contributed by atoms with van der Waals surface area (Å²) in [4.78, 5) is 15.8. The first-order chi connectivity index (χ1) is 10.2. The molecule has 0 saturated heterocycles. The average molecular weight is 278 g/mol. The predicted octanol–water partition coefficient (Wildman–Crippen LogP) is 2.11. The third-order valence-electron chi connectivity index (χ3n) is 2.54. The summed E-state index contributed by atoms with van der Waals surface area (Å²) < 4.78 is 5.11. The predicted molar refractivity (Wildman–Crippen MR) is 74.5 cm³/mol. The number of nitriles is 2. The molecule has 6 heteroatoms. The van der Waals surface area contributed by atoms with Crippen LogP contribution >= 0.6 is 0 Å². The van der Waals surface area contributed by atoms with Gasteiger partial charge in [-0.2, -0.15) is 10.5 Å². The normalized spacial score (nSPS) is 9.24. The first-order valence-electron chi connectivity index (χ1n) is 6.00. The Bertz CT molecular complexity index is 709. The van der Waals surface area contributed by atoms with Crippen molar-refractivity contribution in [2.75, 3.05) is 11.9 Å². The number of carbonyl (C=O) groups excluding carboxylic acids is 1. The lowest BCUT2D eigenvalue weighted by molar-refractivity contribution is 0.102. The van der Waals surface area contributed by atoms with E-state index in [1.54, 1.807) is 24.3 Å². The van der Waals surface area contributed by atoms with Gasteiger partial charge in [-0.1, -0.05) is 0 Å². The number of nitrogens with zero attached hydrogens (tertiary/aromatic N) is 3. The molecule has 1 N–H and O–H groups in total.